The summed E-state index contributed by atoms with van der Waals surface area (Å²) in [4.78, 5) is 4.54. The molecule has 0 aliphatic rings. The molecule has 0 radical (unpaired) electrons. The van der Waals surface area contributed by atoms with Gasteiger partial charge in [0, 0.05) is 7.05 Å². The minimum absolute atomic E-state index is 0.581. The quantitative estimate of drug-likeness (QED) is 0.663. The number of imidazole rings is 1. The van der Waals surface area contributed by atoms with Gasteiger partial charge in [-0.1, -0.05) is 12.1 Å². The number of nitrogens with zero attached hydrogens (tertiary/aromatic N) is 3. The minimum atomic E-state index is 0.581. The van der Waals surface area contributed by atoms with Gasteiger partial charge in [-0.15, -0.1) is 0 Å². The Morgan fingerprint density at radius 3 is 2.89 bits per heavy atom. The number of thiophene rings is 1. The van der Waals surface area contributed by atoms with Gasteiger partial charge in [-0.2, -0.15) is 16.6 Å². The van der Waals surface area contributed by atoms with Crippen molar-refractivity contribution in [2.45, 2.75) is 0 Å². The zero-order valence-electron chi connectivity index (χ0n) is 10.4. The highest BCUT2D eigenvalue weighted by Gasteiger charge is 2.11. The molecular weight excluding hydrogens is 254 g/mol. The van der Waals surface area contributed by atoms with E-state index >= 15 is 0 Å². The summed E-state index contributed by atoms with van der Waals surface area (Å²) in [5.41, 5.74) is 3.56. The second-order valence-corrected chi connectivity index (χ2v) is 4.99. The molecule has 0 N–H and O–H groups in total. The predicted molar refractivity (Wildman–Crippen MR) is 78.5 cm³/mol. The molecule has 0 fully saturated rings. The van der Waals surface area contributed by atoms with E-state index in [0.717, 1.165) is 16.6 Å². The van der Waals surface area contributed by atoms with Crippen molar-refractivity contribution in [2.75, 3.05) is 0 Å². The van der Waals surface area contributed by atoms with Gasteiger partial charge in [0.05, 0.1) is 16.6 Å². The molecule has 3 rings (SSSR count). The van der Waals surface area contributed by atoms with Gasteiger partial charge in [0.25, 0.3) is 0 Å². The van der Waals surface area contributed by atoms with E-state index in [4.69, 9.17) is 0 Å². The molecule has 0 aliphatic carbocycles. The Balaban J connectivity index is 2.18. The van der Waals surface area contributed by atoms with Crippen LogP contribution in [0.25, 0.3) is 22.7 Å². The SMILES string of the molecule is Cn1c(C(C#N)=Cc2ccsc2)nc2ccccc21. The lowest BCUT2D eigenvalue weighted by atomic mass is 10.2. The van der Waals surface area contributed by atoms with Gasteiger partial charge in [-0.3, -0.25) is 0 Å². The van der Waals surface area contributed by atoms with E-state index < -0.39 is 0 Å². The Kier molecular flexibility index (Phi) is 2.90. The molecule has 0 spiro atoms. The first-order valence-corrected chi connectivity index (χ1v) is 6.79. The number of aryl methyl sites for hydroxylation is 1. The first-order chi connectivity index (χ1) is 9.29. The third-order valence-electron chi connectivity index (χ3n) is 3.00. The monoisotopic (exact) mass is 265 g/mol. The van der Waals surface area contributed by atoms with Crippen molar-refractivity contribution >= 4 is 34.0 Å². The first-order valence-electron chi connectivity index (χ1n) is 5.85. The lowest BCUT2D eigenvalue weighted by Gasteiger charge is -2.00. The number of hydrogen-bond donors (Lipinski definition) is 0. The van der Waals surface area contributed by atoms with Crippen LogP contribution in [0.1, 0.15) is 11.4 Å². The van der Waals surface area contributed by atoms with Gasteiger partial charge in [0.2, 0.25) is 0 Å². The van der Waals surface area contributed by atoms with Gasteiger partial charge in [0.15, 0.2) is 5.82 Å². The molecule has 1 aromatic carbocycles. The van der Waals surface area contributed by atoms with Crippen LogP contribution in [-0.4, -0.2) is 9.55 Å². The van der Waals surface area contributed by atoms with Gasteiger partial charge in [-0.25, -0.2) is 4.98 Å². The lowest BCUT2D eigenvalue weighted by Crippen LogP contribution is -1.95. The van der Waals surface area contributed by atoms with Crippen molar-refractivity contribution < 1.29 is 0 Å². The molecule has 0 saturated heterocycles. The summed E-state index contributed by atoms with van der Waals surface area (Å²) in [6.07, 6.45) is 1.87. The van der Waals surface area contributed by atoms with Gasteiger partial charge < -0.3 is 4.57 Å². The highest BCUT2D eigenvalue weighted by atomic mass is 32.1. The van der Waals surface area contributed by atoms with Crippen LogP contribution in [0.4, 0.5) is 0 Å². The van der Waals surface area contributed by atoms with E-state index in [1.807, 2.05) is 58.8 Å². The molecule has 92 valence electrons. The van der Waals surface area contributed by atoms with Gasteiger partial charge in [0.1, 0.15) is 6.07 Å². The maximum atomic E-state index is 9.36. The molecule has 0 saturated carbocycles. The Bertz CT molecular complexity index is 789. The van der Waals surface area contributed by atoms with Crippen LogP contribution in [0.3, 0.4) is 0 Å². The summed E-state index contributed by atoms with van der Waals surface area (Å²) in [6, 6.07) is 12.1. The smallest absolute Gasteiger partial charge is 0.151 e. The van der Waals surface area contributed by atoms with Crippen molar-refractivity contribution in [3.63, 3.8) is 0 Å². The molecule has 0 atom stereocenters. The van der Waals surface area contributed by atoms with E-state index in [9.17, 15) is 5.26 Å². The van der Waals surface area contributed by atoms with Crippen molar-refractivity contribution in [1.82, 2.24) is 9.55 Å². The number of hydrogen-bond acceptors (Lipinski definition) is 3. The number of allylic oxidation sites excluding steroid dienone is 1. The molecule has 4 heteroatoms. The summed E-state index contributed by atoms with van der Waals surface area (Å²) in [7, 11) is 1.93. The predicted octanol–water partition coefficient (Wildman–Crippen LogP) is 3.70. The summed E-state index contributed by atoms with van der Waals surface area (Å²) >= 11 is 1.62. The van der Waals surface area contributed by atoms with Crippen LogP contribution in [0.5, 0.6) is 0 Å². The van der Waals surface area contributed by atoms with Crippen LogP contribution in [-0.2, 0) is 7.05 Å². The number of benzene rings is 1. The minimum Gasteiger partial charge on any atom is -0.327 e. The summed E-state index contributed by atoms with van der Waals surface area (Å²) in [5, 5.41) is 13.4. The largest absolute Gasteiger partial charge is 0.327 e. The van der Waals surface area contributed by atoms with E-state index in [1.54, 1.807) is 11.3 Å². The van der Waals surface area contributed by atoms with Crippen molar-refractivity contribution in [3.05, 3.63) is 52.5 Å². The fraction of sp³-hybridized carbons (Fsp3) is 0.0667. The van der Waals surface area contributed by atoms with Gasteiger partial charge in [-0.05, 0) is 40.6 Å². The molecule has 2 aromatic heterocycles. The highest BCUT2D eigenvalue weighted by Crippen LogP contribution is 2.22. The second-order valence-electron chi connectivity index (χ2n) is 4.21. The van der Waals surface area contributed by atoms with Crippen LogP contribution in [0.2, 0.25) is 0 Å². The summed E-state index contributed by atoms with van der Waals surface area (Å²) in [5.74, 6) is 0.704. The Morgan fingerprint density at radius 1 is 1.37 bits per heavy atom. The zero-order chi connectivity index (χ0) is 13.2. The number of para-hydroxylation sites is 2. The van der Waals surface area contributed by atoms with Crippen molar-refractivity contribution in [3.8, 4) is 6.07 Å². The number of fused-ring (bicyclic) bond motifs is 1. The fourth-order valence-corrected chi connectivity index (χ4v) is 2.68. The molecular formula is C15H11N3S. The maximum absolute atomic E-state index is 9.36. The van der Waals surface area contributed by atoms with Crippen molar-refractivity contribution in [2.24, 2.45) is 7.05 Å². The van der Waals surface area contributed by atoms with Crippen LogP contribution < -0.4 is 0 Å². The lowest BCUT2D eigenvalue weighted by molar-refractivity contribution is 0.925. The number of nitriles is 1. The highest BCUT2D eigenvalue weighted by molar-refractivity contribution is 7.08. The van der Waals surface area contributed by atoms with Crippen LogP contribution in [0, 0.1) is 11.3 Å². The van der Waals surface area contributed by atoms with Crippen molar-refractivity contribution in [1.29, 1.82) is 5.26 Å². The third kappa shape index (κ3) is 2.05. The van der Waals surface area contributed by atoms with Gasteiger partial charge >= 0.3 is 0 Å². The third-order valence-corrected chi connectivity index (χ3v) is 3.70. The van der Waals surface area contributed by atoms with E-state index in [1.165, 1.54) is 0 Å². The average molecular weight is 265 g/mol. The molecule has 3 nitrogen and oxygen atoms in total. The molecule has 0 bridgehead atoms. The molecule has 0 amide bonds. The van der Waals surface area contributed by atoms with Crippen LogP contribution >= 0.6 is 11.3 Å². The average Bonchev–Trinajstić information content (AvgIpc) is 3.05. The Morgan fingerprint density at radius 2 is 2.21 bits per heavy atom. The van der Waals surface area contributed by atoms with Crippen LogP contribution in [0.15, 0.2) is 41.1 Å². The standard InChI is InChI=1S/C15H11N3S/c1-18-14-5-3-2-4-13(14)17-15(18)12(9-16)8-11-6-7-19-10-11/h2-8,10H,1H3. The normalized spacial score (nSPS) is 11.7. The Hall–Kier alpha value is -2.38. The molecule has 19 heavy (non-hydrogen) atoms. The van der Waals surface area contributed by atoms with E-state index in [0.29, 0.717) is 11.4 Å². The summed E-state index contributed by atoms with van der Waals surface area (Å²) in [6.45, 7) is 0. The zero-order valence-corrected chi connectivity index (χ0v) is 11.2. The molecule has 3 aromatic rings. The fourth-order valence-electron chi connectivity index (χ4n) is 2.06. The van der Waals surface area contributed by atoms with E-state index in [-0.39, 0.29) is 0 Å². The molecule has 0 aliphatic heterocycles. The topological polar surface area (TPSA) is 41.6 Å². The number of rotatable bonds is 2. The number of aromatic nitrogens is 2. The summed E-state index contributed by atoms with van der Waals surface area (Å²) < 4.78 is 1.96. The molecule has 0 unspecified atom stereocenters. The Labute approximate surface area is 115 Å². The second kappa shape index (κ2) is 4.71. The molecule has 2 heterocycles. The van der Waals surface area contributed by atoms with E-state index in [2.05, 4.69) is 11.1 Å². The maximum Gasteiger partial charge on any atom is 0.151 e. The first kappa shape index (κ1) is 11.7.